The summed E-state index contributed by atoms with van der Waals surface area (Å²) in [6.07, 6.45) is 4.94. The summed E-state index contributed by atoms with van der Waals surface area (Å²) in [7, 11) is 15.9. The van der Waals surface area contributed by atoms with Crippen molar-refractivity contribution in [1.82, 2.24) is 0 Å². The first kappa shape index (κ1) is 26.1. The van der Waals surface area contributed by atoms with Crippen LogP contribution in [0.1, 0.15) is 19.3 Å². The van der Waals surface area contributed by atoms with E-state index in [4.69, 9.17) is 53.1 Å². The van der Waals surface area contributed by atoms with Crippen LogP contribution in [0.5, 0.6) is 0 Å². The first-order valence-electron chi connectivity index (χ1n) is 7.98. The fourth-order valence-electron chi connectivity index (χ4n) is 2.25. The van der Waals surface area contributed by atoms with Gasteiger partial charge >= 0.3 is 32.7 Å². The van der Waals surface area contributed by atoms with Crippen LogP contribution in [-0.2, 0) is 46.9 Å². The van der Waals surface area contributed by atoms with Crippen molar-refractivity contribution in [2.24, 2.45) is 0 Å². The van der Waals surface area contributed by atoms with Crippen molar-refractivity contribution in [3.05, 3.63) is 19.8 Å². The third-order valence-corrected chi connectivity index (χ3v) is 3.55. The standard InChI is InChI=1S/3C5H8BO2.Y/c1-3-2-4(7)5(6)8-3;2*6-5-2-1-4(3-7)8-5;/h3-5,7H,1-2H2;2*1,4-5,7H,2-3H2;/q3*-1;+3. The van der Waals surface area contributed by atoms with Crippen LogP contribution in [-0.4, -0.2) is 94.5 Å². The van der Waals surface area contributed by atoms with Gasteiger partial charge in [-0.25, -0.2) is 0 Å². The molecule has 3 heterocycles. The van der Waals surface area contributed by atoms with Gasteiger partial charge in [-0.3, -0.25) is 12.8 Å². The minimum Gasteiger partial charge on any atom is -0.417 e. The third kappa shape index (κ3) is 10.8. The second-order valence-electron chi connectivity index (χ2n) is 5.76. The van der Waals surface area contributed by atoms with Crippen LogP contribution in [0, 0.1) is 19.8 Å². The van der Waals surface area contributed by atoms with Crippen molar-refractivity contribution in [2.75, 3.05) is 13.2 Å². The molecule has 0 saturated carbocycles. The van der Waals surface area contributed by atoms with Crippen molar-refractivity contribution in [2.45, 2.75) is 61.7 Å². The molecule has 3 rings (SSSR count). The number of ether oxygens (including phenoxy) is 3. The molecule has 132 valence electrons. The molecule has 0 bridgehead atoms. The zero-order chi connectivity index (χ0) is 18.1. The van der Waals surface area contributed by atoms with Crippen LogP contribution < -0.4 is 0 Å². The third-order valence-electron chi connectivity index (χ3n) is 3.55. The Morgan fingerprint density at radius 3 is 1.48 bits per heavy atom. The summed E-state index contributed by atoms with van der Waals surface area (Å²) < 4.78 is 14.9. The van der Waals surface area contributed by atoms with Gasteiger partial charge in [0.2, 0.25) is 0 Å². The van der Waals surface area contributed by atoms with Crippen LogP contribution >= 0.6 is 0 Å². The molecule has 0 spiro atoms. The molecule has 0 aromatic rings. The molecule has 25 heavy (non-hydrogen) atoms. The molecule has 0 aromatic heterocycles. The molecule has 10 heteroatoms. The quantitative estimate of drug-likeness (QED) is 0.368. The number of hydrogen-bond acceptors (Lipinski definition) is 6. The summed E-state index contributed by atoms with van der Waals surface area (Å²) in [6.45, 7) is 3.67. The van der Waals surface area contributed by atoms with Crippen LogP contribution in [0.25, 0.3) is 0 Å². The minimum absolute atomic E-state index is 0. The Kier molecular flexibility index (Phi) is 14.7. The Hall–Kier alpha value is 1.06. The smallest absolute Gasteiger partial charge is 0.417 e. The van der Waals surface area contributed by atoms with Gasteiger partial charge in [0, 0.05) is 19.2 Å². The fraction of sp³-hybridized carbons (Fsp3) is 0.800. The van der Waals surface area contributed by atoms with Crippen LogP contribution in [0.3, 0.4) is 0 Å². The van der Waals surface area contributed by atoms with Gasteiger partial charge < -0.3 is 36.5 Å². The predicted molar refractivity (Wildman–Crippen MR) is 91.2 cm³/mol. The molecule has 3 aliphatic rings. The molecule has 6 radical (unpaired) electrons. The van der Waals surface area contributed by atoms with Gasteiger partial charge in [0.25, 0.3) is 0 Å². The second kappa shape index (κ2) is 14.1. The number of hydrogen-bond donors (Lipinski definition) is 3. The van der Waals surface area contributed by atoms with Crippen molar-refractivity contribution < 1.29 is 62.2 Å². The molecular weight excluding hydrogens is 398 g/mol. The summed E-state index contributed by atoms with van der Waals surface area (Å²) in [6, 6.07) is -0.892. The predicted octanol–water partition coefficient (Wildman–Crippen LogP) is -1.60. The van der Waals surface area contributed by atoms with Crippen molar-refractivity contribution in [1.29, 1.82) is 0 Å². The Balaban J connectivity index is 0.000000339. The summed E-state index contributed by atoms with van der Waals surface area (Å²) in [5.74, 6) is 0. The summed E-state index contributed by atoms with van der Waals surface area (Å²) in [5.41, 5.74) is 0. The molecule has 6 nitrogen and oxygen atoms in total. The van der Waals surface area contributed by atoms with Crippen LogP contribution in [0.15, 0.2) is 0 Å². The average molecular weight is 422 g/mol. The summed E-state index contributed by atoms with van der Waals surface area (Å²) in [5, 5.41) is 25.8. The fourth-order valence-corrected chi connectivity index (χ4v) is 2.25. The van der Waals surface area contributed by atoms with Gasteiger partial charge in [0.05, 0.1) is 6.10 Å². The molecule has 3 N–H and O–H groups in total. The minimum atomic E-state index is -0.516. The zero-order valence-electron chi connectivity index (χ0n) is 14.3. The number of rotatable bonds is 2. The Labute approximate surface area is 179 Å². The van der Waals surface area contributed by atoms with E-state index in [1.165, 1.54) is 0 Å². The second-order valence-corrected chi connectivity index (χ2v) is 5.76. The van der Waals surface area contributed by atoms with E-state index in [0.29, 0.717) is 6.42 Å². The van der Waals surface area contributed by atoms with Crippen molar-refractivity contribution >= 4 is 23.5 Å². The molecule has 3 fully saturated rings. The van der Waals surface area contributed by atoms with Gasteiger partial charge in [-0.2, -0.15) is 12.8 Å². The maximum absolute atomic E-state index is 8.88. The van der Waals surface area contributed by atoms with Crippen molar-refractivity contribution in [3.63, 3.8) is 0 Å². The monoisotopic (exact) mass is 422 g/mol. The van der Waals surface area contributed by atoms with Gasteiger partial charge in [-0.15, -0.1) is 0 Å². The van der Waals surface area contributed by atoms with E-state index in [-0.39, 0.29) is 76.2 Å². The van der Waals surface area contributed by atoms with Gasteiger partial charge in [-0.1, -0.05) is 6.10 Å². The number of aliphatic hydroxyl groups excluding tert-OH is 3. The topological polar surface area (TPSA) is 88.4 Å². The molecule has 0 aromatic carbocycles. The van der Waals surface area contributed by atoms with E-state index in [9.17, 15) is 0 Å². The molecule has 7 atom stereocenters. The van der Waals surface area contributed by atoms with E-state index in [1.54, 1.807) is 0 Å². The van der Waals surface area contributed by atoms with Gasteiger partial charge in [0.1, 0.15) is 23.5 Å². The average Bonchev–Trinajstić information content (AvgIpc) is 3.22. The maximum atomic E-state index is 8.88. The van der Waals surface area contributed by atoms with E-state index in [2.05, 4.69) is 6.92 Å². The Bertz CT molecular complexity index is 314. The first-order chi connectivity index (χ1) is 11.3. The van der Waals surface area contributed by atoms with Gasteiger partial charge in [-0.05, 0) is 30.6 Å². The Morgan fingerprint density at radius 1 is 0.920 bits per heavy atom. The van der Waals surface area contributed by atoms with Crippen LogP contribution in [0.2, 0.25) is 0 Å². The maximum Gasteiger partial charge on any atom is 3.00 e. The van der Waals surface area contributed by atoms with Gasteiger partial charge in [0.15, 0.2) is 0 Å². The molecule has 3 aliphatic heterocycles. The van der Waals surface area contributed by atoms with E-state index < -0.39 is 12.1 Å². The zero-order valence-corrected chi connectivity index (χ0v) is 17.2. The van der Waals surface area contributed by atoms with Crippen molar-refractivity contribution in [3.8, 4) is 0 Å². The molecule has 7 unspecified atom stereocenters. The summed E-state index contributed by atoms with van der Waals surface area (Å²) in [4.78, 5) is 0. The van der Waals surface area contributed by atoms with E-state index in [1.807, 2.05) is 12.8 Å². The van der Waals surface area contributed by atoms with E-state index >= 15 is 0 Å². The normalized spacial score (nSPS) is 39.6. The molecule has 0 aliphatic carbocycles. The molecule has 0 amide bonds. The SMILES string of the molecule is [B]C1C[CH-]C(CO)O1.[B]C1C[CH-]C(CO)O1.[B]C1OC([CH2-])CC1O.[Y+3]. The molecule has 3 saturated heterocycles. The largest absolute Gasteiger partial charge is 3.00 e. The molecular formula is C15H24B3O6Y. The van der Waals surface area contributed by atoms with Crippen LogP contribution in [0.4, 0.5) is 0 Å². The first-order valence-corrected chi connectivity index (χ1v) is 7.98. The van der Waals surface area contributed by atoms with E-state index in [0.717, 1.165) is 12.8 Å². The summed E-state index contributed by atoms with van der Waals surface area (Å²) >= 11 is 0. The Morgan fingerprint density at radius 2 is 1.36 bits per heavy atom. The number of aliphatic hydroxyl groups is 3.